The van der Waals surface area contributed by atoms with Gasteiger partial charge in [0.25, 0.3) is 0 Å². The van der Waals surface area contributed by atoms with Crippen molar-refractivity contribution in [1.82, 2.24) is 14.5 Å². The van der Waals surface area contributed by atoms with Gasteiger partial charge in [0, 0.05) is 13.2 Å². The largest absolute Gasteiger partial charge is 0.437 e. The molecule has 2 aromatic heterocycles. The van der Waals surface area contributed by atoms with Gasteiger partial charge in [0.1, 0.15) is 15.7 Å². The fourth-order valence-electron chi connectivity index (χ4n) is 2.07. The Bertz CT molecular complexity index is 880. The molecule has 0 bridgehead atoms. The molecular weight excluding hydrogens is 328 g/mol. The molecule has 2 heterocycles. The zero-order valence-electron chi connectivity index (χ0n) is 13.0. The maximum Gasteiger partial charge on any atom is 0.300 e. The Morgan fingerprint density at radius 2 is 2.00 bits per heavy atom. The van der Waals surface area contributed by atoms with Crippen LogP contribution in [-0.4, -0.2) is 19.5 Å². The van der Waals surface area contributed by atoms with Crippen LogP contribution in [-0.2, 0) is 7.05 Å². The Labute approximate surface area is 142 Å². The summed E-state index contributed by atoms with van der Waals surface area (Å²) in [6, 6.07) is 9.29. The number of aryl methyl sites for hydroxylation is 2. The minimum Gasteiger partial charge on any atom is -0.437 e. The SMILES string of the molecule is Cc1nc(Oc2ccccc2)cnc1Sc1cn(C)cc1[N+](=O)[O-]. The zero-order valence-corrected chi connectivity index (χ0v) is 13.9. The number of hydrogen-bond acceptors (Lipinski definition) is 6. The van der Waals surface area contributed by atoms with Gasteiger partial charge in [-0.2, -0.15) is 0 Å². The lowest BCUT2D eigenvalue weighted by atomic mass is 10.3. The van der Waals surface area contributed by atoms with Gasteiger partial charge in [0.2, 0.25) is 5.88 Å². The molecule has 0 fully saturated rings. The van der Waals surface area contributed by atoms with E-state index in [0.717, 1.165) is 0 Å². The highest BCUT2D eigenvalue weighted by Gasteiger charge is 2.19. The topological polar surface area (TPSA) is 83.1 Å². The molecule has 122 valence electrons. The summed E-state index contributed by atoms with van der Waals surface area (Å²) in [6.07, 6.45) is 4.67. The second-order valence-corrected chi connectivity index (χ2v) is 6.08. The molecule has 8 heteroatoms. The summed E-state index contributed by atoms with van der Waals surface area (Å²) in [5, 5.41) is 11.7. The molecule has 0 saturated heterocycles. The molecule has 7 nitrogen and oxygen atoms in total. The first-order valence-electron chi connectivity index (χ1n) is 7.07. The summed E-state index contributed by atoms with van der Waals surface area (Å²) in [6.45, 7) is 1.79. The summed E-state index contributed by atoms with van der Waals surface area (Å²) in [7, 11) is 1.74. The van der Waals surface area contributed by atoms with E-state index in [4.69, 9.17) is 4.74 Å². The molecule has 0 saturated carbocycles. The van der Waals surface area contributed by atoms with Crippen LogP contribution in [0.4, 0.5) is 5.69 Å². The third-order valence-corrected chi connectivity index (χ3v) is 4.28. The van der Waals surface area contributed by atoms with Crippen LogP contribution in [0.2, 0.25) is 0 Å². The lowest BCUT2D eigenvalue weighted by Gasteiger charge is -2.07. The molecule has 0 aliphatic rings. The number of aromatic nitrogens is 3. The highest BCUT2D eigenvalue weighted by atomic mass is 32.2. The van der Waals surface area contributed by atoms with Crippen LogP contribution in [0.3, 0.4) is 0 Å². The average Bonchev–Trinajstić information content (AvgIpc) is 2.92. The second kappa shape index (κ2) is 6.71. The Morgan fingerprint density at radius 1 is 1.25 bits per heavy atom. The van der Waals surface area contributed by atoms with Crippen molar-refractivity contribution in [3.05, 3.63) is 64.7 Å². The fraction of sp³-hybridized carbons (Fsp3) is 0.125. The van der Waals surface area contributed by atoms with Crippen molar-refractivity contribution in [2.24, 2.45) is 7.05 Å². The zero-order chi connectivity index (χ0) is 17.1. The van der Waals surface area contributed by atoms with Crippen molar-refractivity contribution in [3.63, 3.8) is 0 Å². The van der Waals surface area contributed by atoms with E-state index < -0.39 is 4.92 Å². The van der Waals surface area contributed by atoms with E-state index in [1.165, 1.54) is 24.2 Å². The normalized spacial score (nSPS) is 10.6. The smallest absolute Gasteiger partial charge is 0.300 e. The molecule has 0 radical (unpaired) electrons. The summed E-state index contributed by atoms with van der Waals surface area (Å²) in [4.78, 5) is 19.9. The predicted octanol–water partition coefficient (Wildman–Crippen LogP) is 3.98. The predicted molar refractivity (Wildman–Crippen MR) is 89.5 cm³/mol. The van der Waals surface area contributed by atoms with E-state index in [1.807, 2.05) is 30.3 Å². The van der Waals surface area contributed by atoms with E-state index in [1.54, 1.807) is 24.7 Å². The van der Waals surface area contributed by atoms with E-state index in [0.29, 0.717) is 27.2 Å². The van der Waals surface area contributed by atoms with Crippen LogP contribution in [0.5, 0.6) is 11.6 Å². The van der Waals surface area contributed by atoms with Crippen molar-refractivity contribution >= 4 is 17.4 Å². The quantitative estimate of drug-likeness (QED) is 0.515. The minimum absolute atomic E-state index is 0.0494. The summed E-state index contributed by atoms with van der Waals surface area (Å²) < 4.78 is 7.28. The van der Waals surface area contributed by atoms with E-state index in [9.17, 15) is 10.1 Å². The first-order chi connectivity index (χ1) is 11.5. The van der Waals surface area contributed by atoms with Crippen molar-refractivity contribution in [2.45, 2.75) is 16.8 Å². The molecular formula is C16H14N4O3S. The van der Waals surface area contributed by atoms with Gasteiger partial charge in [-0.25, -0.2) is 9.97 Å². The number of benzene rings is 1. The number of hydrogen-bond donors (Lipinski definition) is 0. The van der Waals surface area contributed by atoms with E-state index in [-0.39, 0.29) is 5.69 Å². The molecule has 0 aliphatic carbocycles. The fourth-order valence-corrected chi connectivity index (χ4v) is 3.03. The molecule has 0 aliphatic heterocycles. The molecule has 3 aromatic rings. The van der Waals surface area contributed by atoms with Crippen molar-refractivity contribution in [1.29, 1.82) is 0 Å². The highest BCUT2D eigenvalue weighted by Crippen LogP contribution is 2.35. The Morgan fingerprint density at radius 3 is 2.67 bits per heavy atom. The lowest BCUT2D eigenvalue weighted by Crippen LogP contribution is -1.95. The molecule has 24 heavy (non-hydrogen) atoms. The summed E-state index contributed by atoms with van der Waals surface area (Å²) in [5.74, 6) is 1.05. The van der Waals surface area contributed by atoms with Crippen LogP contribution in [0, 0.1) is 17.0 Å². The van der Waals surface area contributed by atoms with Crippen LogP contribution in [0.1, 0.15) is 5.69 Å². The van der Waals surface area contributed by atoms with E-state index in [2.05, 4.69) is 9.97 Å². The van der Waals surface area contributed by atoms with Gasteiger partial charge >= 0.3 is 5.69 Å². The van der Waals surface area contributed by atoms with Gasteiger partial charge in [-0.05, 0) is 19.1 Å². The van der Waals surface area contributed by atoms with Crippen molar-refractivity contribution < 1.29 is 9.66 Å². The molecule has 1 aromatic carbocycles. The molecule has 0 unspecified atom stereocenters. The highest BCUT2D eigenvalue weighted by molar-refractivity contribution is 7.99. The maximum atomic E-state index is 11.1. The van der Waals surface area contributed by atoms with Crippen LogP contribution in [0.15, 0.2) is 58.8 Å². The van der Waals surface area contributed by atoms with Crippen molar-refractivity contribution in [2.75, 3.05) is 0 Å². The molecule has 0 amide bonds. The maximum absolute atomic E-state index is 11.1. The molecule has 0 spiro atoms. The molecule has 0 atom stereocenters. The van der Waals surface area contributed by atoms with E-state index >= 15 is 0 Å². The second-order valence-electron chi connectivity index (χ2n) is 5.05. The minimum atomic E-state index is -0.405. The van der Waals surface area contributed by atoms with Crippen molar-refractivity contribution in [3.8, 4) is 11.6 Å². The number of nitrogens with zero attached hydrogens (tertiary/aromatic N) is 4. The van der Waals surface area contributed by atoms with Gasteiger partial charge in [-0.15, -0.1) is 0 Å². The Balaban J connectivity index is 1.82. The first kappa shape index (κ1) is 16.0. The third-order valence-electron chi connectivity index (χ3n) is 3.15. The molecule has 0 N–H and O–H groups in total. The monoisotopic (exact) mass is 342 g/mol. The van der Waals surface area contributed by atoms with Crippen LogP contribution >= 0.6 is 11.8 Å². The van der Waals surface area contributed by atoms with Gasteiger partial charge in [0.15, 0.2) is 0 Å². The number of ether oxygens (including phenoxy) is 1. The van der Waals surface area contributed by atoms with Crippen LogP contribution in [0.25, 0.3) is 0 Å². The number of nitro groups is 1. The standard InChI is InChI=1S/C16H14N4O3S/c1-11-16(24-14-10-19(2)9-13(14)20(21)22)17-8-15(18-11)23-12-6-4-3-5-7-12/h3-10H,1-2H3. The summed E-state index contributed by atoms with van der Waals surface area (Å²) >= 11 is 1.21. The van der Waals surface area contributed by atoms with Crippen LogP contribution < -0.4 is 4.74 Å². The number of rotatable bonds is 5. The van der Waals surface area contributed by atoms with Gasteiger partial charge in [0.05, 0.1) is 23.0 Å². The van der Waals surface area contributed by atoms with Gasteiger partial charge in [-0.1, -0.05) is 30.0 Å². The third kappa shape index (κ3) is 3.54. The van der Waals surface area contributed by atoms with Gasteiger partial charge in [-0.3, -0.25) is 10.1 Å². The molecule has 3 rings (SSSR count). The summed E-state index contributed by atoms with van der Waals surface area (Å²) in [5.41, 5.74) is 0.694. The Kier molecular flexibility index (Phi) is 4.48. The first-order valence-corrected chi connectivity index (χ1v) is 7.89. The average molecular weight is 342 g/mol. The Hall–Kier alpha value is -2.87. The van der Waals surface area contributed by atoms with Gasteiger partial charge < -0.3 is 9.30 Å². The lowest BCUT2D eigenvalue weighted by molar-refractivity contribution is -0.387. The number of para-hydroxylation sites is 1.